The highest BCUT2D eigenvalue weighted by Gasteiger charge is 2.19. The van der Waals surface area contributed by atoms with Gasteiger partial charge in [0.05, 0.1) is 39.4 Å². The van der Waals surface area contributed by atoms with Gasteiger partial charge in [0.15, 0.2) is 17.2 Å². The number of ether oxygens (including phenoxy) is 4. The fourth-order valence-corrected chi connectivity index (χ4v) is 2.46. The van der Waals surface area contributed by atoms with Crippen molar-refractivity contribution in [3.63, 3.8) is 0 Å². The molecule has 0 radical (unpaired) electrons. The molecule has 2 rings (SSSR count). The Balaban J connectivity index is 3.10. The zero-order valence-corrected chi connectivity index (χ0v) is 13.7. The Bertz CT molecular complexity index is 826. The van der Waals surface area contributed by atoms with E-state index in [9.17, 15) is 9.59 Å². The van der Waals surface area contributed by atoms with Crippen molar-refractivity contribution in [2.45, 2.75) is 6.92 Å². The van der Waals surface area contributed by atoms with Crippen LogP contribution >= 0.6 is 0 Å². The van der Waals surface area contributed by atoms with Gasteiger partial charge in [-0.2, -0.15) is 0 Å². The van der Waals surface area contributed by atoms with Crippen LogP contribution in [0.25, 0.3) is 10.8 Å². The van der Waals surface area contributed by atoms with Gasteiger partial charge in [0.25, 0.3) is 0 Å². The molecule has 0 spiro atoms. The summed E-state index contributed by atoms with van der Waals surface area (Å²) in [6, 6.07) is 4.69. The first-order chi connectivity index (χ1) is 11.0. The Morgan fingerprint density at radius 3 is 2.09 bits per heavy atom. The molecule has 6 nitrogen and oxygen atoms in total. The summed E-state index contributed by atoms with van der Waals surface area (Å²) in [6.07, 6.45) is 0. The molecule has 0 heterocycles. The van der Waals surface area contributed by atoms with Crippen LogP contribution in [0.2, 0.25) is 0 Å². The molecule has 2 aromatic rings. The lowest BCUT2D eigenvalue weighted by Crippen LogP contribution is -2.06. The van der Waals surface area contributed by atoms with Crippen molar-refractivity contribution in [3.05, 3.63) is 39.5 Å². The minimum Gasteiger partial charge on any atom is -0.493 e. The number of fused-ring (bicyclic) bond motifs is 1. The van der Waals surface area contributed by atoms with Crippen LogP contribution < -0.4 is 19.6 Å². The molecule has 0 N–H and O–H groups in total. The van der Waals surface area contributed by atoms with Crippen molar-refractivity contribution in [2.24, 2.45) is 0 Å². The van der Waals surface area contributed by atoms with Crippen LogP contribution in [0.3, 0.4) is 0 Å². The third-order valence-corrected chi connectivity index (χ3v) is 3.59. The first-order valence-corrected chi connectivity index (χ1v) is 6.84. The van der Waals surface area contributed by atoms with Gasteiger partial charge < -0.3 is 18.9 Å². The molecule has 23 heavy (non-hydrogen) atoms. The lowest BCUT2D eigenvalue weighted by molar-refractivity contribution is 0.0600. The number of methoxy groups -OCH3 is 4. The standard InChI is InChI=1S/C17H18O6/c1-9-6-13(21-3)16(22-4)14-11(9)7-10(17(19)23-5)8-12(20-2)15(14)18/h6-8H,1-5H3. The topological polar surface area (TPSA) is 71.1 Å². The summed E-state index contributed by atoms with van der Waals surface area (Å²) >= 11 is 0. The van der Waals surface area contributed by atoms with Gasteiger partial charge in [0.2, 0.25) is 5.43 Å². The van der Waals surface area contributed by atoms with Crippen molar-refractivity contribution >= 4 is 16.7 Å². The Labute approximate surface area is 133 Å². The number of hydrogen-bond donors (Lipinski definition) is 0. The Morgan fingerprint density at radius 1 is 0.913 bits per heavy atom. The number of aryl methyl sites for hydroxylation is 1. The number of carbonyl (C=O) groups is 1. The van der Waals surface area contributed by atoms with Gasteiger partial charge in [-0.15, -0.1) is 0 Å². The SMILES string of the molecule is COC(=O)c1cc(OC)c(=O)c2c(OC)c(OC)cc(C)c2c1. The van der Waals surface area contributed by atoms with E-state index in [1.807, 2.05) is 6.92 Å². The van der Waals surface area contributed by atoms with E-state index in [4.69, 9.17) is 18.9 Å². The predicted molar refractivity (Wildman–Crippen MR) is 86.0 cm³/mol. The molecule has 122 valence electrons. The quantitative estimate of drug-likeness (QED) is 0.806. The molecule has 0 aliphatic heterocycles. The van der Waals surface area contributed by atoms with Gasteiger partial charge in [-0.25, -0.2) is 4.79 Å². The number of rotatable bonds is 4. The predicted octanol–water partition coefficient (Wildman–Crippen LogP) is 2.32. The summed E-state index contributed by atoms with van der Waals surface area (Å²) in [4.78, 5) is 24.7. The van der Waals surface area contributed by atoms with Crippen LogP contribution in [0.4, 0.5) is 0 Å². The highest BCUT2D eigenvalue weighted by Crippen LogP contribution is 2.36. The normalized spacial score (nSPS) is 10.3. The van der Waals surface area contributed by atoms with E-state index in [0.29, 0.717) is 16.9 Å². The van der Waals surface area contributed by atoms with Crippen molar-refractivity contribution < 1.29 is 23.7 Å². The Kier molecular flexibility index (Phi) is 4.74. The van der Waals surface area contributed by atoms with Crippen LogP contribution in [0.5, 0.6) is 17.2 Å². The first kappa shape index (κ1) is 16.6. The van der Waals surface area contributed by atoms with Gasteiger partial charge in [-0.3, -0.25) is 4.79 Å². The van der Waals surface area contributed by atoms with Crippen LogP contribution in [0.1, 0.15) is 15.9 Å². The average molecular weight is 318 g/mol. The summed E-state index contributed by atoms with van der Waals surface area (Å²) in [6.45, 7) is 1.82. The number of benzene rings is 1. The molecule has 0 aliphatic carbocycles. The van der Waals surface area contributed by atoms with E-state index in [1.165, 1.54) is 34.5 Å². The molecule has 0 aromatic heterocycles. The second-order valence-corrected chi connectivity index (χ2v) is 4.85. The molecule has 0 atom stereocenters. The summed E-state index contributed by atoms with van der Waals surface area (Å²) in [5.41, 5.74) is 0.585. The van der Waals surface area contributed by atoms with Crippen molar-refractivity contribution in [1.29, 1.82) is 0 Å². The summed E-state index contributed by atoms with van der Waals surface area (Å²) in [5.74, 6) is 0.187. The Hall–Kier alpha value is -2.76. The fraction of sp³-hybridized carbons (Fsp3) is 0.294. The fourth-order valence-electron chi connectivity index (χ4n) is 2.46. The molecule has 0 aliphatic rings. The summed E-state index contributed by atoms with van der Waals surface area (Å²) in [7, 11) is 5.59. The van der Waals surface area contributed by atoms with Crippen LogP contribution in [-0.2, 0) is 4.74 Å². The van der Waals surface area contributed by atoms with Crippen molar-refractivity contribution in [2.75, 3.05) is 28.4 Å². The van der Waals surface area contributed by atoms with E-state index < -0.39 is 11.4 Å². The largest absolute Gasteiger partial charge is 0.493 e. The van der Waals surface area contributed by atoms with E-state index in [0.717, 1.165) is 5.56 Å². The maximum atomic E-state index is 12.8. The second kappa shape index (κ2) is 6.56. The highest BCUT2D eigenvalue weighted by molar-refractivity contribution is 5.99. The van der Waals surface area contributed by atoms with E-state index in [-0.39, 0.29) is 16.7 Å². The molecule has 0 unspecified atom stereocenters. The third kappa shape index (κ3) is 2.79. The molecule has 2 aromatic carbocycles. The van der Waals surface area contributed by atoms with Gasteiger partial charge in [0, 0.05) is 0 Å². The van der Waals surface area contributed by atoms with Gasteiger partial charge in [-0.1, -0.05) is 0 Å². The molecule has 0 amide bonds. The van der Waals surface area contributed by atoms with Gasteiger partial charge in [0.1, 0.15) is 0 Å². The van der Waals surface area contributed by atoms with Crippen LogP contribution in [-0.4, -0.2) is 34.4 Å². The maximum Gasteiger partial charge on any atom is 0.338 e. The lowest BCUT2D eigenvalue weighted by atomic mass is 10.1. The van der Waals surface area contributed by atoms with Crippen molar-refractivity contribution in [1.82, 2.24) is 0 Å². The van der Waals surface area contributed by atoms with E-state index >= 15 is 0 Å². The minimum atomic E-state index is -0.561. The van der Waals surface area contributed by atoms with Crippen LogP contribution in [0, 0.1) is 6.92 Å². The van der Waals surface area contributed by atoms with E-state index in [1.54, 1.807) is 12.1 Å². The highest BCUT2D eigenvalue weighted by atomic mass is 16.5. The van der Waals surface area contributed by atoms with Gasteiger partial charge >= 0.3 is 5.97 Å². The Morgan fingerprint density at radius 2 is 1.57 bits per heavy atom. The molecule has 6 heteroatoms. The summed E-state index contributed by atoms with van der Waals surface area (Å²) < 4.78 is 20.5. The lowest BCUT2D eigenvalue weighted by Gasteiger charge is -2.11. The van der Waals surface area contributed by atoms with E-state index in [2.05, 4.69) is 0 Å². The number of esters is 1. The summed E-state index contributed by atoms with van der Waals surface area (Å²) in [5, 5.41) is 0.854. The monoisotopic (exact) mass is 318 g/mol. The molecule has 0 saturated carbocycles. The molecular formula is C17H18O6. The zero-order valence-electron chi connectivity index (χ0n) is 13.7. The molecule has 0 fully saturated rings. The van der Waals surface area contributed by atoms with Crippen molar-refractivity contribution in [3.8, 4) is 17.2 Å². The molecular weight excluding hydrogens is 300 g/mol. The average Bonchev–Trinajstić information content (AvgIpc) is 2.71. The first-order valence-electron chi connectivity index (χ1n) is 6.84. The second-order valence-electron chi connectivity index (χ2n) is 4.85. The number of hydrogen-bond acceptors (Lipinski definition) is 6. The molecule has 0 saturated heterocycles. The molecule has 0 bridgehead atoms. The number of carbonyl (C=O) groups excluding carboxylic acids is 1. The maximum absolute atomic E-state index is 12.8. The van der Waals surface area contributed by atoms with Gasteiger partial charge in [-0.05, 0) is 36.1 Å². The third-order valence-electron chi connectivity index (χ3n) is 3.59. The minimum absolute atomic E-state index is 0.0198. The smallest absolute Gasteiger partial charge is 0.338 e. The zero-order chi connectivity index (χ0) is 17.1. The van der Waals surface area contributed by atoms with Crippen LogP contribution in [0.15, 0.2) is 23.0 Å².